The second-order valence-corrected chi connectivity index (χ2v) is 7.36. The van der Waals surface area contributed by atoms with Crippen molar-refractivity contribution >= 4 is 57.8 Å². The Morgan fingerprint density at radius 2 is 1.86 bits per heavy atom. The highest BCUT2D eigenvalue weighted by molar-refractivity contribution is 8.26. The van der Waals surface area contributed by atoms with Gasteiger partial charge in [0.15, 0.2) is 0 Å². The molecule has 0 saturated carbocycles. The zero-order valence-corrected chi connectivity index (χ0v) is 15.8. The van der Waals surface area contributed by atoms with Gasteiger partial charge in [0, 0.05) is 5.56 Å². The largest absolute Gasteiger partial charge is 0.478 e. The van der Waals surface area contributed by atoms with E-state index in [-0.39, 0.29) is 32.6 Å². The maximum atomic E-state index is 13.8. The van der Waals surface area contributed by atoms with E-state index in [1.807, 2.05) is 0 Å². The van der Waals surface area contributed by atoms with Crippen molar-refractivity contribution in [2.75, 3.05) is 11.9 Å². The molecule has 142 valence electrons. The van der Waals surface area contributed by atoms with E-state index in [4.69, 9.17) is 17.3 Å². The van der Waals surface area contributed by atoms with Crippen molar-refractivity contribution in [3.8, 4) is 0 Å². The minimum Gasteiger partial charge on any atom is -0.478 e. The fourth-order valence-electron chi connectivity index (χ4n) is 2.48. The van der Waals surface area contributed by atoms with Gasteiger partial charge in [-0.05, 0) is 24.3 Å². The number of carboxylic acid groups (broad SMARTS) is 1. The number of rotatable bonds is 5. The normalized spacial score (nSPS) is 15.2. The molecule has 1 saturated heterocycles. The first-order valence-corrected chi connectivity index (χ1v) is 9.21. The minimum atomic E-state index is -1.19. The van der Waals surface area contributed by atoms with Crippen LogP contribution >= 0.6 is 24.0 Å². The van der Waals surface area contributed by atoms with E-state index in [0.29, 0.717) is 0 Å². The maximum Gasteiger partial charge on any atom is 0.337 e. The number of nitrogens with zero attached hydrogens (tertiary/aromatic N) is 1. The van der Waals surface area contributed by atoms with Gasteiger partial charge >= 0.3 is 5.97 Å². The first kappa shape index (κ1) is 19.7. The third kappa shape index (κ3) is 4.26. The van der Waals surface area contributed by atoms with Gasteiger partial charge in [-0.25, -0.2) is 9.18 Å². The standard InChI is InChI=1S/C19H13FN2O4S2/c20-13-7-3-1-5-11(13)9-15-17(24)22(19(27)28-15)10-16(23)21-14-8-4-2-6-12(14)18(25)26/h1-9H,10H2,(H,21,23)(H,25,26). The molecular weight excluding hydrogens is 403 g/mol. The fourth-order valence-corrected chi connectivity index (χ4v) is 3.73. The molecule has 0 aromatic heterocycles. The molecule has 0 atom stereocenters. The lowest BCUT2D eigenvalue weighted by Gasteiger charge is -2.15. The summed E-state index contributed by atoms with van der Waals surface area (Å²) in [5, 5.41) is 11.6. The number of amides is 2. The number of carboxylic acids is 1. The van der Waals surface area contributed by atoms with Gasteiger partial charge in [0.25, 0.3) is 5.91 Å². The Morgan fingerprint density at radius 3 is 2.57 bits per heavy atom. The Balaban J connectivity index is 1.74. The number of thioether (sulfide) groups is 1. The van der Waals surface area contributed by atoms with Crippen molar-refractivity contribution in [2.45, 2.75) is 0 Å². The SMILES string of the molecule is O=C(CN1C(=O)C(=Cc2ccccc2F)SC1=S)Nc1ccccc1C(=O)O. The number of nitrogens with one attached hydrogen (secondary N) is 1. The third-order valence-electron chi connectivity index (χ3n) is 3.80. The van der Waals surface area contributed by atoms with Gasteiger partial charge in [-0.3, -0.25) is 14.5 Å². The van der Waals surface area contributed by atoms with Crippen LogP contribution in [0.25, 0.3) is 6.08 Å². The summed E-state index contributed by atoms with van der Waals surface area (Å²) in [6.07, 6.45) is 1.38. The molecule has 1 fully saturated rings. The average molecular weight is 416 g/mol. The lowest BCUT2D eigenvalue weighted by atomic mass is 10.2. The summed E-state index contributed by atoms with van der Waals surface area (Å²) < 4.78 is 14.0. The van der Waals surface area contributed by atoms with Crippen molar-refractivity contribution < 1.29 is 23.9 Å². The second-order valence-electron chi connectivity index (χ2n) is 5.69. The highest BCUT2D eigenvalue weighted by Crippen LogP contribution is 2.32. The van der Waals surface area contributed by atoms with Gasteiger partial charge in [-0.1, -0.05) is 54.3 Å². The number of benzene rings is 2. The van der Waals surface area contributed by atoms with Crippen molar-refractivity contribution in [3.63, 3.8) is 0 Å². The van der Waals surface area contributed by atoms with E-state index in [2.05, 4.69) is 5.32 Å². The van der Waals surface area contributed by atoms with Gasteiger partial charge < -0.3 is 10.4 Å². The molecule has 2 aromatic carbocycles. The molecular formula is C19H13FN2O4S2. The Bertz CT molecular complexity index is 1020. The lowest BCUT2D eigenvalue weighted by Crippen LogP contribution is -2.36. The molecule has 9 heteroatoms. The van der Waals surface area contributed by atoms with E-state index < -0.39 is 23.6 Å². The second kappa shape index (κ2) is 8.32. The lowest BCUT2D eigenvalue weighted by molar-refractivity contribution is -0.126. The van der Waals surface area contributed by atoms with Crippen molar-refractivity contribution in [2.24, 2.45) is 0 Å². The minimum absolute atomic E-state index is 0.0688. The molecule has 2 amide bonds. The number of para-hydroxylation sites is 1. The summed E-state index contributed by atoms with van der Waals surface area (Å²) in [6.45, 7) is -0.382. The molecule has 0 spiro atoms. The first-order chi connectivity index (χ1) is 13.4. The highest BCUT2D eigenvalue weighted by Gasteiger charge is 2.33. The molecule has 0 radical (unpaired) electrons. The van der Waals surface area contributed by atoms with Crippen molar-refractivity contribution in [1.29, 1.82) is 0 Å². The molecule has 28 heavy (non-hydrogen) atoms. The van der Waals surface area contributed by atoms with Crippen LogP contribution in [0.4, 0.5) is 10.1 Å². The van der Waals surface area contributed by atoms with Crippen LogP contribution in [0, 0.1) is 5.82 Å². The molecule has 0 unspecified atom stereocenters. The summed E-state index contributed by atoms with van der Waals surface area (Å²) in [4.78, 5) is 37.4. The highest BCUT2D eigenvalue weighted by atomic mass is 32.2. The van der Waals surface area contributed by atoms with E-state index >= 15 is 0 Å². The number of carbonyl (C=O) groups is 3. The number of thiocarbonyl (C=S) groups is 1. The molecule has 2 aromatic rings. The van der Waals surface area contributed by atoms with Crippen LogP contribution in [0.2, 0.25) is 0 Å². The van der Waals surface area contributed by atoms with E-state index in [0.717, 1.165) is 16.7 Å². The average Bonchev–Trinajstić information content (AvgIpc) is 2.91. The Hall–Kier alpha value is -3.04. The maximum absolute atomic E-state index is 13.8. The first-order valence-electron chi connectivity index (χ1n) is 7.99. The number of halogens is 1. The van der Waals surface area contributed by atoms with Crippen LogP contribution in [-0.4, -0.2) is 38.7 Å². The van der Waals surface area contributed by atoms with Gasteiger partial charge in [0.05, 0.1) is 16.2 Å². The summed E-state index contributed by atoms with van der Waals surface area (Å²) in [6, 6.07) is 11.9. The van der Waals surface area contributed by atoms with E-state index in [9.17, 15) is 18.8 Å². The van der Waals surface area contributed by atoms with E-state index in [1.54, 1.807) is 12.1 Å². The summed E-state index contributed by atoms with van der Waals surface area (Å²) in [5.74, 6) is -2.78. The number of carbonyl (C=O) groups excluding carboxylic acids is 2. The predicted octanol–water partition coefficient (Wildman–Crippen LogP) is 3.36. The van der Waals surface area contributed by atoms with Gasteiger partial charge in [-0.2, -0.15) is 0 Å². The molecule has 0 aliphatic carbocycles. The third-order valence-corrected chi connectivity index (χ3v) is 5.18. The Kier molecular flexibility index (Phi) is 5.86. The van der Waals surface area contributed by atoms with Crippen LogP contribution in [0.15, 0.2) is 53.4 Å². The van der Waals surface area contributed by atoms with Crippen molar-refractivity contribution in [3.05, 3.63) is 70.4 Å². The Morgan fingerprint density at radius 1 is 1.18 bits per heavy atom. The number of aromatic carboxylic acids is 1. The van der Waals surface area contributed by atoms with Crippen LogP contribution in [0.3, 0.4) is 0 Å². The van der Waals surface area contributed by atoms with Gasteiger partial charge in [0.1, 0.15) is 16.7 Å². The zero-order chi connectivity index (χ0) is 20.3. The summed E-state index contributed by atoms with van der Waals surface area (Å²) in [7, 11) is 0. The number of anilines is 1. The molecule has 1 aliphatic heterocycles. The summed E-state index contributed by atoms with van der Waals surface area (Å²) >= 11 is 6.12. The molecule has 0 bridgehead atoms. The predicted molar refractivity (Wildman–Crippen MR) is 108 cm³/mol. The fraction of sp³-hybridized carbons (Fsp3) is 0.0526. The number of hydrogen-bond donors (Lipinski definition) is 2. The Labute approximate surface area is 169 Å². The smallest absolute Gasteiger partial charge is 0.337 e. The topological polar surface area (TPSA) is 86.7 Å². The molecule has 1 aliphatic rings. The van der Waals surface area contributed by atoms with Crippen LogP contribution < -0.4 is 5.32 Å². The molecule has 2 N–H and O–H groups in total. The van der Waals surface area contributed by atoms with Crippen LogP contribution in [-0.2, 0) is 9.59 Å². The monoisotopic (exact) mass is 416 g/mol. The zero-order valence-electron chi connectivity index (χ0n) is 14.2. The van der Waals surface area contributed by atoms with Crippen molar-refractivity contribution in [1.82, 2.24) is 4.90 Å². The van der Waals surface area contributed by atoms with Gasteiger partial charge in [0.2, 0.25) is 5.91 Å². The summed E-state index contributed by atoms with van der Waals surface area (Å²) in [5.41, 5.74) is 0.288. The van der Waals surface area contributed by atoms with E-state index in [1.165, 1.54) is 42.5 Å². The quantitative estimate of drug-likeness (QED) is 0.574. The van der Waals surface area contributed by atoms with Crippen LogP contribution in [0.1, 0.15) is 15.9 Å². The van der Waals surface area contributed by atoms with Crippen LogP contribution in [0.5, 0.6) is 0 Å². The molecule has 1 heterocycles. The number of hydrogen-bond acceptors (Lipinski definition) is 5. The van der Waals surface area contributed by atoms with Gasteiger partial charge in [-0.15, -0.1) is 0 Å². The molecule has 6 nitrogen and oxygen atoms in total. The molecule has 3 rings (SSSR count).